The SMILES string of the molecule is CCC(NCc1ccccc1O)C(C)C. The Labute approximate surface area is 92.3 Å². The third-order valence-corrected chi connectivity index (χ3v) is 2.79. The molecule has 2 N–H and O–H groups in total. The molecule has 2 heteroatoms. The lowest BCUT2D eigenvalue weighted by Gasteiger charge is -2.21. The van der Waals surface area contributed by atoms with E-state index in [-0.39, 0.29) is 0 Å². The topological polar surface area (TPSA) is 32.3 Å². The van der Waals surface area contributed by atoms with Gasteiger partial charge in [-0.15, -0.1) is 0 Å². The van der Waals surface area contributed by atoms with Crippen molar-refractivity contribution in [2.24, 2.45) is 5.92 Å². The molecule has 0 aliphatic rings. The van der Waals surface area contributed by atoms with Crippen LogP contribution in [0.5, 0.6) is 5.75 Å². The molecule has 0 heterocycles. The Morgan fingerprint density at radius 1 is 1.27 bits per heavy atom. The second-order valence-electron chi connectivity index (χ2n) is 4.27. The molecule has 2 nitrogen and oxygen atoms in total. The summed E-state index contributed by atoms with van der Waals surface area (Å²) in [6, 6.07) is 8.00. The molecule has 0 aliphatic carbocycles. The van der Waals surface area contributed by atoms with E-state index in [9.17, 15) is 5.11 Å². The molecule has 0 saturated heterocycles. The van der Waals surface area contributed by atoms with Crippen molar-refractivity contribution in [3.8, 4) is 5.75 Å². The number of nitrogens with one attached hydrogen (secondary N) is 1. The Balaban J connectivity index is 2.53. The second-order valence-corrected chi connectivity index (χ2v) is 4.27. The molecule has 84 valence electrons. The molecule has 0 aliphatic heterocycles. The van der Waals surface area contributed by atoms with Gasteiger partial charge in [0.1, 0.15) is 5.75 Å². The molecule has 0 saturated carbocycles. The fourth-order valence-corrected chi connectivity index (χ4v) is 1.75. The third kappa shape index (κ3) is 3.56. The van der Waals surface area contributed by atoms with Gasteiger partial charge in [0.25, 0.3) is 0 Å². The van der Waals surface area contributed by atoms with Crippen molar-refractivity contribution < 1.29 is 5.11 Å². The van der Waals surface area contributed by atoms with Crippen molar-refractivity contribution in [3.05, 3.63) is 29.8 Å². The quantitative estimate of drug-likeness (QED) is 0.778. The van der Waals surface area contributed by atoms with E-state index in [1.165, 1.54) is 0 Å². The van der Waals surface area contributed by atoms with Crippen molar-refractivity contribution in [2.45, 2.75) is 39.8 Å². The van der Waals surface area contributed by atoms with Crippen LogP contribution in [0, 0.1) is 5.92 Å². The molecule has 1 aromatic rings. The van der Waals surface area contributed by atoms with Crippen LogP contribution in [-0.4, -0.2) is 11.1 Å². The standard InChI is InChI=1S/C13H21NO/c1-4-12(10(2)3)14-9-11-7-5-6-8-13(11)15/h5-8,10,12,14-15H,4,9H2,1-3H3. The Morgan fingerprint density at radius 3 is 2.47 bits per heavy atom. The summed E-state index contributed by atoms with van der Waals surface area (Å²) in [5.41, 5.74) is 0.969. The van der Waals surface area contributed by atoms with E-state index < -0.39 is 0 Å². The highest BCUT2D eigenvalue weighted by Crippen LogP contribution is 2.16. The molecule has 1 unspecified atom stereocenters. The van der Waals surface area contributed by atoms with E-state index in [4.69, 9.17) is 0 Å². The van der Waals surface area contributed by atoms with E-state index in [0.29, 0.717) is 17.7 Å². The van der Waals surface area contributed by atoms with E-state index in [1.54, 1.807) is 6.07 Å². The summed E-state index contributed by atoms with van der Waals surface area (Å²) in [6.45, 7) is 7.35. The van der Waals surface area contributed by atoms with Crippen LogP contribution >= 0.6 is 0 Å². The van der Waals surface area contributed by atoms with Gasteiger partial charge < -0.3 is 10.4 Å². The van der Waals surface area contributed by atoms with Gasteiger partial charge in [-0.3, -0.25) is 0 Å². The summed E-state index contributed by atoms with van der Waals surface area (Å²) in [4.78, 5) is 0. The average Bonchev–Trinajstić information content (AvgIpc) is 2.21. The van der Waals surface area contributed by atoms with Gasteiger partial charge in [0.2, 0.25) is 0 Å². The molecule has 0 aromatic heterocycles. The average molecular weight is 207 g/mol. The largest absolute Gasteiger partial charge is 0.508 e. The smallest absolute Gasteiger partial charge is 0.120 e. The van der Waals surface area contributed by atoms with Crippen molar-refractivity contribution in [3.63, 3.8) is 0 Å². The summed E-state index contributed by atoms with van der Waals surface area (Å²) in [6.07, 6.45) is 1.12. The van der Waals surface area contributed by atoms with Crippen LogP contribution in [-0.2, 0) is 6.54 Å². The summed E-state index contributed by atoms with van der Waals surface area (Å²) in [5.74, 6) is 1.00. The second kappa shape index (κ2) is 5.76. The third-order valence-electron chi connectivity index (χ3n) is 2.79. The highest BCUT2D eigenvalue weighted by Gasteiger charge is 2.10. The fourth-order valence-electron chi connectivity index (χ4n) is 1.75. The van der Waals surface area contributed by atoms with Crippen LogP contribution < -0.4 is 5.32 Å². The van der Waals surface area contributed by atoms with Crippen molar-refractivity contribution in [2.75, 3.05) is 0 Å². The Morgan fingerprint density at radius 2 is 1.93 bits per heavy atom. The maximum Gasteiger partial charge on any atom is 0.120 e. The van der Waals surface area contributed by atoms with Crippen LogP contribution in [0.4, 0.5) is 0 Å². The first-order valence-electron chi connectivity index (χ1n) is 5.65. The molecule has 0 fully saturated rings. The maximum atomic E-state index is 9.59. The zero-order valence-corrected chi connectivity index (χ0v) is 9.83. The summed E-state index contributed by atoms with van der Waals surface area (Å²) >= 11 is 0. The Hall–Kier alpha value is -1.02. The lowest BCUT2D eigenvalue weighted by molar-refractivity contribution is 0.382. The summed E-state index contributed by atoms with van der Waals surface area (Å²) < 4.78 is 0. The van der Waals surface area contributed by atoms with Gasteiger partial charge >= 0.3 is 0 Å². The van der Waals surface area contributed by atoms with Gasteiger partial charge in [-0.05, 0) is 18.4 Å². The van der Waals surface area contributed by atoms with Crippen LogP contribution in [0.3, 0.4) is 0 Å². The predicted molar refractivity (Wildman–Crippen MR) is 63.9 cm³/mol. The first kappa shape index (κ1) is 12.1. The van der Waals surface area contributed by atoms with E-state index in [1.807, 2.05) is 18.2 Å². The fraction of sp³-hybridized carbons (Fsp3) is 0.538. The number of phenols is 1. The minimum atomic E-state index is 0.378. The van der Waals surface area contributed by atoms with Gasteiger partial charge in [0.05, 0.1) is 0 Å². The number of phenolic OH excluding ortho intramolecular Hbond substituents is 1. The molecular formula is C13H21NO. The molecular weight excluding hydrogens is 186 g/mol. The first-order valence-corrected chi connectivity index (χ1v) is 5.65. The number of para-hydroxylation sites is 1. The van der Waals surface area contributed by atoms with Crippen molar-refractivity contribution in [1.82, 2.24) is 5.32 Å². The van der Waals surface area contributed by atoms with Gasteiger partial charge in [0.15, 0.2) is 0 Å². The van der Waals surface area contributed by atoms with Gasteiger partial charge in [-0.1, -0.05) is 39.0 Å². The molecule has 1 atom stereocenters. The van der Waals surface area contributed by atoms with Crippen LogP contribution in [0.2, 0.25) is 0 Å². The summed E-state index contributed by atoms with van der Waals surface area (Å²) in [7, 11) is 0. The monoisotopic (exact) mass is 207 g/mol. The normalized spacial score (nSPS) is 13.1. The first-order chi connectivity index (χ1) is 7.15. The zero-order valence-electron chi connectivity index (χ0n) is 9.83. The number of rotatable bonds is 5. The van der Waals surface area contributed by atoms with Crippen molar-refractivity contribution >= 4 is 0 Å². The number of aromatic hydroxyl groups is 1. The number of hydrogen-bond donors (Lipinski definition) is 2. The maximum absolute atomic E-state index is 9.59. The molecule has 15 heavy (non-hydrogen) atoms. The molecule has 0 spiro atoms. The summed E-state index contributed by atoms with van der Waals surface area (Å²) in [5, 5.41) is 13.1. The minimum absolute atomic E-state index is 0.378. The molecule has 0 radical (unpaired) electrons. The van der Waals surface area contributed by atoms with E-state index in [0.717, 1.165) is 18.5 Å². The van der Waals surface area contributed by atoms with E-state index in [2.05, 4.69) is 26.1 Å². The van der Waals surface area contributed by atoms with Gasteiger partial charge in [-0.25, -0.2) is 0 Å². The Bertz CT molecular complexity index is 296. The van der Waals surface area contributed by atoms with Crippen LogP contribution in [0.25, 0.3) is 0 Å². The van der Waals surface area contributed by atoms with E-state index >= 15 is 0 Å². The van der Waals surface area contributed by atoms with Crippen molar-refractivity contribution in [1.29, 1.82) is 0 Å². The molecule has 0 bridgehead atoms. The van der Waals surface area contributed by atoms with Gasteiger partial charge in [0, 0.05) is 18.2 Å². The highest BCUT2D eigenvalue weighted by atomic mass is 16.3. The predicted octanol–water partition coefficient (Wildman–Crippen LogP) is 2.92. The lowest BCUT2D eigenvalue weighted by atomic mass is 10.0. The highest BCUT2D eigenvalue weighted by molar-refractivity contribution is 5.31. The zero-order chi connectivity index (χ0) is 11.3. The number of hydrogen-bond acceptors (Lipinski definition) is 2. The van der Waals surface area contributed by atoms with Crippen LogP contribution in [0.15, 0.2) is 24.3 Å². The van der Waals surface area contributed by atoms with Gasteiger partial charge in [-0.2, -0.15) is 0 Å². The number of benzene rings is 1. The Kier molecular flexibility index (Phi) is 4.63. The molecule has 0 amide bonds. The minimum Gasteiger partial charge on any atom is -0.508 e. The van der Waals surface area contributed by atoms with Crippen LogP contribution in [0.1, 0.15) is 32.8 Å². The lowest BCUT2D eigenvalue weighted by Crippen LogP contribution is -2.32. The molecule has 1 aromatic carbocycles. The molecule has 1 rings (SSSR count).